The normalized spacial score (nSPS) is 10.8. The van der Waals surface area contributed by atoms with E-state index in [1.54, 1.807) is 23.1 Å². The van der Waals surface area contributed by atoms with E-state index in [2.05, 4.69) is 17.2 Å². The maximum absolute atomic E-state index is 5.86. The van der Waals surface area contributed by atoms with Gasteiger partial charge in [0.15, 0.2) is 0 Å². The summed E-state index contributed by atoms with van der Waals surface area (Å²) < 4.78 is 0. The van der Waals surface area contributed by atoms with Crippen LogP contribution in [0.1, 0.15) is 15.6 Å². The quantitative estimate of drug-likeness (QED) is 0.841. The highest BCUT2D eigenvalue weighted by Gasteiger charge is 2.07. The summed E-state index contributed by atoms with van der Waals surface area (Å²) in [5, 5.41) is 5.12. The number of aryl methyl sites for hydroxylation is 1. The van der Waals surface area contributed by atoms with Gasteiger partial charge >= 0.3 is 0 Å². The second-order valence-electron chi connectivity index (χ2n) is 3.89. The van der Waals surface area contributed by atoms with Crippen molar-refractivity contribution in [2.75, 3.05) is 7.05 Å². The zero-order chi connectivity index (χ0) is 13.0. The van der Waals surface area contributed by atoms with E-state index in [9.17, 15) is 0 Å². The minimum absolute atomic E-state index is 0.778. The molecule has 0 amide bonds. The Hall–Kier alpha value is -0.550. The predicted molar refractivity (Wildman–Crippen MR) is 80.6 cm³/mol. The van der Waals surface area contributed by atoms with Gasteiger partial charge < -0.3 is 5.32 Å². The van der Waals surface area contributed by atoms with Crippen LogP contribution in [-0.4, -0.2) is 12.0 Å². The molecular weight excluding hydrogens is 284 g/mol. The van der Waals surface area contributed by atoms with E-state index in [1.165, 1.54) is 14.8 Å². The number of nitrogens with one attached hydrogen (secondary N) is 1. The first-order chi connectivity index (χ1) is 8.69. The summed E-state index contributed by atoms with van der Waals surface area (Å²) in [5.41, 5.74) is 1.14. The van der Waals surface area contributed by atoms with E-state index in [0.717, 1.165) is 23.0 Å². The molecule has 1 aromatic carbocycles. The van der Waals surface area contributed by atoms with Crippen molar-refractivity contribution in [2.45, 2.75) is 24.1 Å². The second-order valence-corrected chi connectivity index (χ2v) is 6.54. The lowest BCUT2D eigenvalue weighted by molar-refractivity contribution is 0.822. The van der Waals surface area contributed by atoms with Crippen molar-refractivity contribution in [3.8, 4) is 0 Å². The number of thioether (sulfide) groups is 1. The highest BCUT2D eigenvalue weighted by molar-refractivity contribution is 7.98. The van der Waals surface area contributed by atoms with E-state index >= 15 is 0 Å². The fourth-order valence-corrected chi connectivity index (χ4v) is 3.65. The molecule has 18 heavy (non-hydrogen) atoms. The van der Waals surface area contributed by atoms with E-state index in [-0.39, 0.29) is 0 Å². The highest BCUT2D eigenvalue weighted by Crippen LogP contribution is 2.27. The van der Waals surface area contributed by atoms with Crippen LogP contribution in [-0.2, 0) is 12.3 Å². The van der Waals surface area contributed by atoms with Crippen molar-refractivity contribution in [1.82, 2.24) is 10.3 Å². The summed E-state index contributed by atoms with van der Waals surface area (Å²) in [5.74, 6) is 0.914. The molecule has 0 saturated carbocycles. The number of halogens is 1. The van der Waals surface area contributed by atoms with Crippen LogP contribution in [0.15, 0.2) is 29.2 Å². The maximum Gasteiger partial charge on any atom is 0.103 e. The van der Waals surface area contributed by atoms with E-state index in [0.29, 0.717) is 0 Å². The molecule has 2 rings (SSSR count). The van der Waals surface area contributed by atoms with E-state index < -0.39 is 0 Å². The molecule has 0 spiro atoms. The average Bonchev–Trinajstić information content (AvgIpc) is 2.70. The van der Waals surface area contributed by atoms with Crippen molar-refractivity contribution < 1.29 is 0 Å². The fraction of sp³-hybridized carbons (Fsp3) is 0.308. The van der Waals surface area contributed by atoms with Gasteiger partial charge in [-0.05, 0) is 38.2 Å². The number of hydrogen-bond acceptors (Lipinski definition) is 4. The second kappa shape index (κ2) is 6.57. The molecule has 2 nitrogen and oxygen atoms in total. The van der Waals surface area contributed by atoms with Crippen LogP contribution >= 0.6 is 34.7 Å². The van der Waals surface area contributed by atoms with Crippen molar-refractivity contribution in [3.05, 3.63) is 44.9 Å². The Bertz CT molecular complexity index is 508. The Morgan fingerprint density at radius 1 is 1.33 bits per heavy atom. The van der Waals surface area contributed by atoms with Crippen LogP contribution < -0.4 is 5.32 Å². The summed E-state index contributed by atoms with van der Waals surface area (Å²) in [6.45, 7) is 2.97. The minimum atomic E-state index is 0.778. The lowest BCUT2D eigenvalue weighted by atomic mass is 10.4. The van der Waals surface area contributed by atoms with Gasteiger partial charge in [-0.15, -0.1) is 23.1 Å². The summed E-state index contributed by atoms with van der Waals surface area (Å²) in [6.07, 6.45) is 0. The standard InChI is InChI=1S/C13H15ClN2S2/c1-9-12(7-15-2)18-13(16-9)8-17-11-5-3-10(14)4-6-11/h3-6,15H,7-8H2,1-2H3. The summed E-state index contributed by atoms with van der Waals surface area (Å²) >= 11 is 9.44. The van der Waals surface area contributed by atoms with Gasteiger partial charge in [-0.3, -0.25) is 0 Å². The first kappa shape index (κ1) is 13.9. The third kappa shape index (κ3) is 3.72. The van der Waals surface area contributed by atoms with Gasteiger partial charge in [-0.25, -0.2) is 4.98 Å². The van der Waals surface area contributed by atoms with Crippen molar-refractivity contribution in [1.29, 1.82) is 0 Å². The van der Waals surface area contributed by atoms with Gasteiger partial charge in [0.05, 0.1) is 11.4 Å². The Kier molecular flexibility index (Phi) is 5.06. The number of hydrogen-bond donors (Lipinski definition) is 1. The van der Waals surface area contributed by atoms with Crippen LogP contribution in [0.25, 0.3) is 0 Å². The van der Waals surface area contributed by atoms with E-state index in [1.807, 2.05) is 31.3 Å². The van der Waals surface area contributed by atoms with Crippen LogP contribution in [0.3, 0.4) is 0 Å². The number of benzene rings is 1. The molecule has 0 bridgehead atoms. The molecule has 0 radical (unpaired) electrons. The molecule has 0 atom stereocenters. The first-order valence-electron chi connectivity index (χ1n) is 5.67. The molecule has 0 saturated heterocycles. The predicted octanol–water partition coefficient (Wildman–Crippen LogP) is 4.12. The highest BCUT2D eigenvalue weighted by atomic mass is 35.5. The molecular formula is C13H15ClN2S2. The summed E-state index contributed by atoms with van der Waals surface area (Å²) in [6, 6.07) is 7.93. The molecule has 0 aliphatic carbocycles. The first-order valence-corrected chi connectivity index (χ1v) is 7.85. The van der Waals surface area contributed by atoms with Crippen molar-refractivity contribution >= 4 is 34.7 Å². The largest absolute Gasteiger partial charge is 0.315 e. The van der Waals surface area contributed by atoms with Gasteiger partial charge in [0, 0.05) is 21.3 Å². The van der Waals surface area contributed by atoms with E-state index in [4.69, 9.17) is 11.6 Å². The van der Waals surface area contributed by atoms with Crippen LogP contribution in [0, 0.1) is 6.92 Å². The Morgan fingerprint density at radius 2 is 2.06 bits per heavy atom. The fourth-order valence-electron chi connectivity index (χ4n) is 1.55. The number of thiazole rings is 1. The van der Waals surface area contributed by atoms with Crippen molar-refractivity contribution in [2.24, 2.45) is 0 Å². The Balaban J connectivity index is 1.97. The average molecular weight is 299 g/mol. The zero-order valence-electron chi connectivity index (χ0n) is 10.4. The molecule has 2 aromatic rings. The molecule has 1 heterocycles. The van der Waals surface area contributed by atoms with Gasteiger partial charge in [0.2, 0.25) is 0 Å². The molecule has 0 unspecified atom stereocenters. The van der Waals surface area contributed by atoms with Gasteiger partial charge in [-0.2, -0.15) is 0 Å². The maximum atomic E-state index is 5.86. The smallest absolute Gasteiger partial charge is 0.103 e. The Morgan fingerprint density at radius 3 is 2.72 bits per heavy atom. The van der Waals surface area contributed by atoms with Crippen LogP contribution in [0.2, 0.25) is 5.02 Å². The molecule has 0 aliphatic rings. The minimum Gasteiger partial charge on any atom is -0.315 e. The van der Waals surface area contributed by atoms with Crippen LogP contribution in [0.4, 0.5) is 0 Å². The molecule has 1 aromatic heterocycles. The third-order valence-corrected chi connectivity index (χ3v) is 5.07. The monoisotopic (exact) mass is 298 g/mol. The lowest BCUT2D eigenvalue weighted by Crippen LogP contribution is -2.04. The topological polar surface area (TPSA) is 24.9 Å². The SMILES string of the molecule is CNCc1sc(CSc2ccc(Cl)cc2)nc1C. The third-order valence-electron chi connectivity index (χ3n) is 2.45. The lowest BCUT2D eigenvalue weighted by Gasteiger charge is -1.98. The Labute approximate surface area is 121 Å². The molecule has 0 aliphatic heterocycles. The van der Waals surface area contributed by atoms with Gasteiger partial charge in [0.25, 0.3) is 0 Å². The number of aromatic nitrogens is 1. The van der Waals surface area contributed by atoms with Crippen molar-refractivity contribution in [3.63, 3.8) is 0 Å². The summed E-state index contributed by atoms with van der Waals surface area (Å²) in [4.78, 5) is 7.14. The number of rotatable bonds is 5. The molecule has 5 heteroatoms. The molecule has 1 N–H and O–H groups in total. The molecule has 96 valence electrons. The van der Waals surface area contributed by atoms with Crippen LogP contribution in [0.5, 0.6) is 0 Å². The number of nitrogens with zero attached hydrogens (tertiary/aromatic N) is 1. The summed E-state index contributed by atoms with van der Waals surface area (Å²) in [7, 11) is 1.96. The van der Waals surface area contributed by atoms with Gasteiger partial charge in [0.1, 0.15) is 5.01 Å². The zero-order valence-corrected chi connectivity index (χ0v) is 12.8. The molecule has 0 fully saturated rings. The van der Waals surface area contributed by atoms with Gasteiger partial charge in [-0.1, -0.05) is 11.6 Å².